The first kappa shape index (κ1) is 20.4. The van der Waals surface area contributed by atoms with Crippen LogP contribution in [0.1, 0.15) is 18.2 Å². The Labute approximate surface area is 182 Å². The molecule has 2 heterocycles. The number of aromatic nitrogens is 3. The maximum atomic E-state index is 12.9. The zero-order valence-corrected chi connectivity index (χ0v) is 18.0. The number of azo groups is 1. The Morgan fingerprint density at radius 3 is 2.45 bits per heavy atom. The maximum Gasteiger partial charge on any atom is 0.301 e. The van der Waals surface area contributed by atoms with Gasteiger partial charge in [-0.05, 0) is 38.1 Å². The number of aromatic amines is 1. The van der Waals surface area contributed by atoms with E-state index in [0.717, 1.165) is 11.3 Å². The van der Waals surface area contributed by atoms with E-state index in [1.165, 1.54) is 28.5 Å². The predicted octanol–water partition coefficient (Wildman–Crippen LogP) is 5.28. The minimum Gasteiger partial charge on any atom is -0.326 e. The maximum absolute atomic E-state index is 12.9. The summed E-state index contributed by atoms with van der Waals surface area (Å²) in [7, 11) is 0. The van der Waals surface area contributed by atoms with Gasteiger partial charge in [0.2, 0.25) is 11.0 Å². The number of thiazole rings is 1. The van der Waals surface area contributed by atoms with E-state index in [0.29, 0.717) is 22.2 Å². The summed E-state index contributed by atoms with van der Waals surface area (Å²) in [5, 5.41) is 16.4. The molecule has 31 heavy (non-hydrogen) atoms. The Bertz CT molecular complexity index is 1310. The van der Waals surface area contributed by atoms with Crippen molar-refractivity contribution in [3.8, 4) is 16.4 Å². The second kappa shape index (κ2) is 8.49. The molecule has 0 saturated carbocycles. The minimum atomic E-state index is -0.319. The van der Waals surface area contributed by atoms with Crippen molar-refractivity contribution < 1.29 is 4.79 Å². The van der Waals surface area contributed by atoms with Crippen LogP contribution >= 0.6 is 11.3 Å². The van der Waals surface area contributed by atoms with E-state index in [1.807, 2.05) is 36.6 Å². The lowest BCUT2D eigenvalue weighted by Gasteiger charge is -2.00. The van der Waals surface area contributed by atoms with Crippen molar-refractivity contribution in [1.29, 1.82) is 0 Å². The first-order chi connectivity index (χ1) is 14.9. The summed E-state index contributed by atoms with van der Waals surface area (Å²) in [6.45, 7) is 5.24. The number of carbonyl (C=O) groups excluding carboxylic acids is 1. The first-order valence-corrected chi connectivity index (χ1v) is 10.4. The highest BCUT2D eigenvalue weighted by molar-refractivity contribution is 7.12. The molecule has 0 aliphatic carbocycles. The molecule has 0 fully saturated rings. The van der Waals surface area contributed by atoms with Crippen LogP contribution in [0.15, 0.2) is 68.9 Å². The number of hydrogen-bond acceptors (Lipinski definition) is 6. The number of hydrogen-bond donors (Lipinski definition) is 2. The van der Waals surface area contributed by atoms with E-state index in [-0.39, 0.29) is 17.2 Å². The summed E-state index contributed by atoms with van der Waals surface area (Å²) >= 11 is 1.37. The quantitative estimate of drug-likeness (QED) is 0.419. The molecule has 4 aromatic rings. The van der Waals surface area contributed by atoms with E-state index >= 15 is 0 Å². The molecule has 0 unspecified atom stereocenters. The number of nitrogens with zero attached hydrogens (tertiary/aromatic N) is 4. The average Bonchev–Trinajstić information content (AvgIpc) is 3.33. The molecule has 1 amide bonds. The molecule has 0 radical (unpaired) electrons. The zero-order valence-electron chi connectivity index (χ0n) is 17.2. The number of anilines is 1. The lowest BCUT2D eigenvalue weighted by atomic mass is 10.1. The fraction of sp³-hybridized carbons (Fsp3) is 0.136. The molecule has 9 heteroatoms. The summed E-state index contributed by atoms with van der Waals surface area (Å²) in [5.74, 6) is -0.148. The molecule has 0 aliphatic heterocycles. The van der Waals surface area contributed by atoms with E-state index in [2.05, 4.69) is 25.6 Å². The van der Waals surface area contributed by atoms with E-state index in [4.69, 9.17) is 0 Å². The van der Waals surface area contributed by atoms with E-state index < -0.39 is 0 Å². The van der Waals surface area contributed by atoms with Gasteiger partial charge in [0.25, 0.3) is 0 Å². The van der Waals surface area contributed by atoms with Gasteiger partial charge in [-0.2, -0.15) is 9.80 Å². The normalized spacial score (nSPS) is 11.2. The molecule has 0 spiro atoms. The van der Waals surface area contributed by atoms with Crippen LogP contribution in [-0.2, 0) is 4.79 Å². The van der Waals surface area contributed by atoms with Crippen LogP contribution in [0.4, 0.5) is 17.1 Å². The Balaban J connectivity index is 1.58. The summed E-state index contributed by atoms with van der Waals surface area (Å²) in [6.07, 6.45) is 0. The van der Waals surface area contributed by atoms with Gasteiger partial charge in [-0.25, -0.2) is 4.98 Å². The smallest absolute Gasteiger partial charge is 0.301 e. The van der Waals surface area contributed by atoms with E-state index in [1.54, 1.807) is 31.2 Å². The molecule has 2 N–H and O–H groups in total. The number of rotatable bonds is 5. The molecule has 0 bridgehead atoms. The van der Waals surface area contributed by atoms with Crippen molar-refractivity contribution in [2.75, 3.05) is 5.32 Å². The van der Waals surface area contributed by atoms with Crippen molar-refractivity contribution in [3.63, 3.8) is 0 Å². The Morgan fingerprint density at radius 1 is 1.06 bits per heavy atom. The first-order valence-electron chi connectivity index (χ1n) is 9.54. The zero-order chi connectivity index (χ0) is 22.0. The summed E-state index contributed by atoms with van der Waals surface area (Å²) in [5.41, 5.74) is 4.70. The largest absolute Gasteiger partial charge is 0.326 e. The standard InChI is InChI=1S/C22H20N6O2S/c1-13-4-6-16(7-5-13)19-12-31-22(24-19)28-21(30)20(14(2)27-28)26-25-18-10-8-17(9-11-18)23-15(3)29/h4-12,27H,1-3H3,(H,23,29). The third kappa shape index (κ3) is 4.51. The molecule has 0 aliphatic rings. The van der Waals surface area contributed by atoms with Crippen molar-refractivity contribution in [2.24, 2.45) is 10.2 Å². The Kier molecular flexibility index (Phi) is 5.59. The third-order valence-electron chi connectivity index (χ3n) is 4.52. The lowest BCUT2D eigenvalue weighted by Crippen LogP contribution is -2.13. The summed E-state index contributed by atoms with van der Waals surface area (Å²) in [4.78, 5) is 28.6. The highest BCUT2D eigenvalue weighted by Gasteiger charge is 2.15. The molecule has 8 nitrogen and oxygen atoms in total. The van der Waals surface area contributed by atoms with E-state index in [9.17, 15) is 9.59 Å². The number of aryl methyl sites for hydroxylation is 2. The molecule has 2 aromatic carbocycles. The van der Waals surface area contributed by atoms with Gasteiger partial charge < -0.3 is 5.32 Å². The van der Waals surface area contributed by atoms with Gasteiger partial charge in [-0.1, -0.05) is 29.8 Å². The number of amides is 1. The highest BCUT2D eigenvalue weighted by Crippen LogP contribution is 2.25. The highest BCUT2D eigenvalue weighted by atomic mass is 32.1. The van der Waals surface area contributed by atoms with Gasteiger partial charge in [0.15, 0.2) is 5.69 Å². The third-order valence-corrected chi connectivity index (χ3v) is 5.35. The van der Waals surface area contributed by atoms with Crippen LogP contribution in [0.3, 0.4) is 0 Å². The second-order valence-electron chi connectivity index (χ2n) is 7.04. The van der Waals surface area contributed by atoms with Crippen molar-refractivity contribution in [2.45, 2.75) is 20.8 Å². The SMILES string of the molecule is CC(=O)Nc1ccc(N=Nc2c(C)[nH]n(-c3nc(-c4ccc(C)cc4)cs3)c2=O)cc1. The summed E-state index contributed by atoms with van der Waals surface area (Å²) in [6, 6.07) is 14.9. The Morgan fingerprint density at radius 2 is 1.77 bits per heavy atom. The van der Waals surface area contributed by atoms with Crippen LogP contribution in [-0.4, -0.2) is 20.7 Å². The topological polar surface area (TPSA) is 104 Å². The van der Waals surface area contributed by atoms with Gasteiger partial charge in [0, 0.05) is 23.6 Å². The van der Waals surface area contributed by atoms with Gasteiger partial charge in [0.1, 0.15) is 0 Å². The van der Waals surface area contributed by atoms with Crippen molar-refractivity contribution in [3.05, 3.63) is 75.5 Å². The van der Waals surface area contributed by atoms with Crippen molar-refractivity contribution in [1.82, 2.24) is 14.8 Å². The number of carbonyl (C=O) groups is 1. The molecule has 0 atom stereocenters. The van der Waals surface area contributed by atoms with Crippen LogP contribution in [0.2, 0.25) is 0 Å². The van der Waals surface area contributed by atoms with Crippen LogP contribution in [0.25, 0.3) is 16.4 Å². The van der Waals surface area contributed by atoms with Gasteiger partial charge in [0.05, 0.1) is 17.1 Å². The number of benzene rings is 2. The Hall–Kier alpha value is -3.85. The molecule has 156 valence electrons. The van der Waals surface area contributed by atoms with Crippen LogP contribution in [0.5, 0.6) is 0 Å². The molecular formula is C22H20N6O2S. The number of nitrogens with one attached hydrogen (secondary N) is 2. The fourth-order valence-electron chi connectivity index (χ4n) is 2.94. The van der Waals surface area contributed by atoms with Gasteiger partial charge in [-0.15, -0.1) is 16.5 Å². The molecular weight excluding hydrogens is 412 g/mol. The second-order valence-corrected chi connectivity index (χ2v) is 7.87. The molecule has 4 rings (SSSR count). The monoisotopic (exact) mass is 432 g/mol. The van der Waals surface area contributed by atoms with Gasteiger partial charge >= 0.3 is 5.56 Å². The summed E-state index contributed by atoms with van der Waals surface area (Å²) < 4.78 is 1.38. The fourth-order valence-corrected chi connectivity index (χ4v) is 3.73. The lowest BCUT2D eigenvalue weighted by molar-refractivity contribution is -0.114. The molecule has 2 aromatic heterocycles. The van der Waals surface area contributed by atoms with Crippen molar-refractivity contribution >= 4 is 34.3 Å². The average molecular weight is 433 g/mol. The van der Waals surface area contributed by atoms with Crippen LogP contribution in [0, 0.1) is 13.8 Å². The predicted molar refractivity (Wildman–Crippen MR) is 122 cm³/mol. The number of H-pyrrole nitrogens is 1. The minimum absolute atomic E-state index is 0.148. The van der Waals surface area contributed by atoms with Crippen LogP contribution < -0.4 is 10.9 Å². The van der Waals surface area contributed by atoms with Gasteiger partial charge in [-0.3, -0.25) is 14.7 Å². The molecule has 0 saturated heterocycles.